The fourth-order valence-corrected chi connectivity index (χ4v) is 2.06. The minimum atomic E-state index is -1.60. The molecule has 0 aliphatic heterocycles. The van der Waals surface area contributed by atoms with Crippen molar-refractivity contribution < 1.29 is 13.2 Å². The summed E-state index contributed by atoms with van der Waals surface area (Å²) in [6.45, 7) is 0. The molecule has 0 spiro atoms. The summed E-state index contributed by atoms with van der Waals surface area (Å²) in [7, 11) is 0. The van der Waals surface area contributed by atoms with Crippen LogP contribution in [0.5, 0.6) is 0 Å². The monoisotopic (exact) mass is 275 g/mol. The van der Waals surface area contributed by atoms with Gasteiger partial charge in [-0.15, -0.1) is 0 Å². The third-order valence-electron chi connectivity index (χ3n) is 3.05. The molecule has 1 heterocycles. The maximum absolute atomic E-state index is 13.7. The van der Waals surface area contributed by atoms with Gasteiger partial charge >= 0.3 is 0 Å². The van der Waals surface area contributed by atoms with Crippen LogP contribution < -0.4 is 5.43 Å². The lowest BCUT2D eigenvalue weighted by atomic mass is 10.1. The van der Waals surface area contributed by atoms with E-state index in [0.29, 0.717) is 17.3 Å². The Morgan fingerprint density at radius 2 is 1.60 bits per heavy atom. The van der Waals surface area contributed by atoms with E-state index < -0.39 is 22.9 Å². The number of rotatable bonds is 1. The van der Waals surface area contributed by atoms with Crippen molar-refractivity contribution in [3.05, 3.63) is 70.1 Å². The zero-order valence-electron chi connectivity index (χ0n) is 10.1. The molecule has 0 atom stereocenters. The van der Waals surface area contributed by atoms with E-state index in [4.69, 9.17) is 0 Å². The van der Waals surface area contributed by atoms with Gasteiger partial charge in [-0.2, -0.15) is 0 Å². The first-order chi connectivity index (χ1) is 9.58. The van der Waals surface area contributed by atoms with Crippen LogP contribution >= 0.6 is 0 Å². The summed E-state index contributed by atoms with van der Waals surface area (Å²) in [4.78, 5) is 14.6. The summed E-state index contributed by atoms with van der Waals surface area (Å²) in [5.74, 6) is -4.37. The number of aromatic amines is 1. The Bertz CT molecular complexity index is 856. The SMILES string of the molecule is O=c1cc(-c2ccccc2)[nH]c2c(F)c(F)c(F)cc12. The second-order valence-corrected chi connectivity index (χ2v) is 4.32. The molecular formula is C15H8F3NO. The zero-order valence-corrected chi connectivity index (χ0v) is 10.1. The predicted octanol–water partition coefficient (Wildman–Crippen LogP) is 3.61. The second kappa shape index (κ2) is 4.52. The first kappa shape index (κ1) is 12.5. The molecule has 1 N–H and O–H groups in total. The highest BCUT2D eigenvalue weighted by Crippen LogP contribution is 2.22. The first-order valence-electron chi connectivity index (χ1n) is 5.84. The van der Waals surface area contributed by atoms with E-state index in [1.54, 1.807) is 30.3 Å². The number of pyridine rings is 1. The highest BCUT2D eigenvalue weighted by molar-refractivity contribution is 5.82. The number of hydrogen-bond acceptors (Lipinski definition) is 1. The van der Waals surface area contributed by atoms with Gasteiger partial charge in [0.25, 0.3) is 0 Å². The highest BCUT2D eigenvalue weighted by Gasteiger charge is 2.16. The molecule has 100 valence electrons. The molecule has 20 heavy (non-hydrogen) atoms. The van der Waals surface area contributed by atoms with Crippen LogP contribution in [0.4, 0.5) is 13.2 Å². The lowest BCUT2D eigenvalue weighted by molar-refractivity contribution is 0.452. The minimum Gasteiger partial charge on any atom is -0.352 e. The zero-order chi connectivity index (χ0) is 14.3. The summed E-state index contributed by atoms with van der Waals surface area (Å²) >= 11 is 0. The number of benzene rings is 2. The normalized spacial score (nSPS) is 10.9. The van der Waals surface area contributed by atoms with Crippen LogP contribution in [-0.2, 0) is 0 Å². The Morgan fingerprint density at radius 3 is 2.30 bits per heavy atom. The number of fused-ring (bicyclic) bond motifs is 1. The smallest absolute Gasteiger partial charge is 0.196 e. The molecule has 0 aliphatic rings. The van der Waals surface area contributed by atoms with Gasteiger partial charge in [0.2, 0.25) is 0 Å². The third kappa shape index (κ3) is 1.87. The summed E-state index contributed by atoms with van der Waals surface area (Å²) in [6.07, 6.45) is 0. The molecule has 3 rings (SSSR count). The summed E-state index contributed by atoms with van der Waals surface area (Å²) in [5.41, 5.74) is 0.0781. The third-order valence-corrected chi connectivity index (χ3v) is 3.05. The molecule has 0 aliphatic carbocycles. The molecule has 0 unspecified atom stereocenters. The topological polar surface area (TPSA) is 32.9 Å². The predicted molar refractivity (Wildman–Crippen MR) is 69.9 cm³/mol. The van der Waals surface area contributed by atoms with Crippen LogP contribution in [0.1, 0.15) is 0 Å². The Labute approximate surface area is 111 Å². The lowest BCUT2D eigenvalue weighted by Crippen LogP contribution is -2.07. The van der Waals surface area contributed by atoms with E-state index in [9.17, 15) is 18.0 Å². The molecule has 0 saturated heterocycles. The number of halogens is 3. The quantitative estimate of drug-likeness (QED) is 0.676. The van der Waals surface area contributed by atoms with Gasteiger partial charge in [0.15, 0.2) is 22.9 Å². The van der Waals surface area contributed by atoms with Crippen LogP contribution in [0.25, 0.3) is 22.2 Å². The molecule has 0 fully saturated rings. The van der Waals surface area contributed by atoms with E-state index in [0.717, 1.165) is 0 Å². The maximum Gasteiger partial charge on any atom is 0.196 e. The average Bonchev–Trinajstić information content (AvgIpc) is 2.47. The molecular weight excluding hydrogens is 267 g/mol. The van der Waals surface area contributed by atoms with Gasteiger partial charge in [-0.3, -0.25) is 4.79 Å². The molecule has 5 heteroatoms. The van der Waals surface area contributed by atoms with E-state index in [1.807, 2.05) is 0 Å². The largest absolute Gasteiger partial charge is 0.352 e. The molecule has 3 aromatic rings. The number of hydrogen-bond donors (Lipinski definition) is 1. The van der Waals surface area contributed by atoms with Crippen molar-refractivity contribution in [2.75, 3.05) is 0 Å². The van der Waals surface area contributed by atoms with Crippen LogP contribution in [0.2, 0.25) is 0 Å². The Kier molecular flexibility index (Phi) is 2.82. The molecule has 0 bridgehead atoms. The van der Waals surface area contributed by atoms with Crippen molar-refractivity contribution in [1.29, 1.82) is 0 Å². The maximum atomic E-state index is 13.7. The fourth-order valence-electron chi connectivity index (χ4n) is 2.06. The first-order valence-corrected chi connectivity index (χ1v) is 5.84. The molecule has 2 aromatic carbocycles. The van der Waals surface area contributed by atoms with E-state index in [-0.39, 0.29) is 10.9 Å². The van der Waals surface area contributed by atoms with Gasteiger partial charge < -0.3 is 4.98 Å². The van der Waals surface area contributed by atoms with E-state index in [2.05, 4.69) is 4.98 Å². The second-order valence-electron chi connectivity index (χ2n) is 4.32. The number of nitrogens with one attached hydrogen (secondary N) is 1. The van der Waals surface area contributed by atoms with Crippen LogP contribution in [-0.4, -0.2) is 4.98 Å². The fraction of sp³-hybridized carbons (Fsp3) is 0. The minimum absolute atomic E-state index is 0.221. The van der Waals surface area contributed by atoms with E-state index >= 15 is 0 Å². The Hall–Kier alpha value is -2.56. The van der Waals surface area contributed by atoms with Gasteiger partial charge in [0.1, 0.15) is 0 Å². The van der Waals surface area contributed by atoms with Crippen molar-refractivity contribution >= 4 is 10.9 Å². The van der Waals surface area contributed by atoms with Crippen molar-refractivity contribution in [1.82, 2.24) is 4.98 Å². The van der Waals surface area contributed by atoms with Crippen molar-refractivity contribution in [3.8, 4) is 11.3 Å². The Morgan fingerprint density at radius 1 is 0.900 bits per heavy atom. The van der Waals surface area contributed by atoms with E-state index in [1.165, 1.54) is 6.07 Å². The number of H-pyrrole nitrogens is 1. The highest BCUT2D eigenvalue weighted by atomic mass is 19.2. The molecule has 0 radical (unpaired) electrons. The summed E-state index contributed by atoms with van der Waals surface area (Å²) in [5, 5.41) is -0.221. The molecule has 1 aromatic heterocycles. The van der Waals surface area contributed by atoms with Crippen LogP contribution in [0, 0.1) is 17.5 Å². The van der Waals surface area contributed by atoms with Gasteiger partial charge in [-0.1, -0.05) is 30.3 Å². The van der Waals surface area contributed by atoms with Crippen LogP contribution in [0.15, 0.2) is 47.3 Å². The number of aromatic nitrogens is 1. The van der Waals surface area contributed by atoms with Gasteiger partial charge in [0, 0.05) is 11.8 Å². The summed E-state index contributed by atoms with van der Waals surface area (Å²) < 4.78 is 40.1. The van der Waals surface area contributed by atoms with Gasteiger partial charge in [0.05, 0.1) is 10.9 Å². The van der Waals surface area contributed by atoms with Crippen LogP contribution in [0.3, 0.4) is 0 Å². The van der Waals surface area contributed by atoms with Crippen molar-refractivity contribution in [2.45, 2.75) is 0 Å². The van der Waals surface area contributed by atoms with Gasteiger partial charge in [-0.05, 0) is 11.6 Å². The van der Waals surface area contributed by atoms with Crippen molar-refractivity contribution in [2.24, 2.45) is 0 Å². The molecule has 0 saturated carbocycles. The Balaban J connectivity index is 2.38. The molecule has 0 amide bonds. The molecule has 2 nitrogen and oxygen atoms in total. The average molecular weight is 275 g/mol. The van der Waals surface area contributed by atoms with Crippen molar-refractivity contribution in [3.63, 3.8) is 0 Å². The van der Waals surface area contributed by atoms with Gasteiger partial charge in [-0.25, -0.2) is 13.2 Å². The summed E-state index contributed by atoms with van der Waals surface area (Å²) in [6, 6.07) is 10.6. The standard InChI is InChI=1S/C15H8F3NO/c16-10-6-9-12(20)7-11(8-4-2-1-3-5-8)19-15(9)14(18)13(10)17/h1-7H,(H,19,20). The lowest BCUT2D eigenvalue weighted by Gasteiger charge is -2.06.